The summed E-state index contributed by atoms with van der Waals surface area (Å²) in [6, 6.07) is 3.59. The van der Waals surface area contributed by atoms with Crippen LogP contribution in [0.2, 0.25) is 0 Å². The van der Waals surface area contributed by atoms with E-state index in [4.69, 9.17) is 15.2 Å². The molecule has 19 heavy (non-hydrogen) atoms. The number of aryl methyl sites for hydroxylation is 1. The summed E-state index contributed by atoms with van der Waals surface area (Å²) < 4.78 is 11.0. The van der Waals surface area contributed by atoms with Crippen molar-refractivity contribution < 1.29 is 14.3 Å². The second-order valence-corrected chi connectivity index (χ2v) is 4.86. The average molecular weight is 264 g/mol. The molecule has 0 spiro atoms. The molecule has 2 rings (SSSR count). The highest BCUT2D eigenvalue weighted by molar-refractivity contribution is 5.96. The molecule has 1 aliphatic rings. The zero-order valence-corrected chi connectivity index (χ0v) is 11.4. The zero-order valence-electron chi connectivity index (χ0n) is 11.4. The summed E-state index contributed by atoms with van der Waals surface area (Å²) in [4.78, 5) is 12.1. The summed E-state index contributed by atoms with van der Waals surface area (Å²) in [7, 11) is 0. The number of carbonyl (C=O) groups excluding carboxylic acids is 1. The smallest absolute Gasteiger partial charge is 0.251 e. The molecule has 1 unspecified atom stereocenters. The number of hydrogen-bond donors (Lipinski definition) is 2. The molecule has 1 amide bonds. The van der Waals surface area contributed by atoms with Gasteiger partial charge in [-0.3, -0.25) is 4.79 Å². The quantitative estimate of drug-likeness (QED) is 0.853. The number of nitrogens with one attached hydrogen (secondary N) is 1. The average Bonchev–Trinajstić information content (AvgIpc) is 2.43. The van der Waals surface area contributed by atoms with Crippen molar-refractivity contribution in [3.05, 3.63) is 23.3 Å². The second kappa shape index (κ2) is 5.93. The summed E-state index contributed by atoms with van der Waals surface area (Å²) in [5.41, 5.74) is 7.03. The first-order valence-electron chi connectivity index (χ1n) is 6.50. The molecule has 3 N–H and O–H groups in total. The fourth-order valence-electron chi connectivity index (χ4n) is 1.88. The van der Waals surface area contributed by atoms with Crippen molar-refractivity contribution in [2.45, 2.75) is 13.8 Å². The molecule has 0 fully saturated rings. The van der Waals surface area contributed by atoms with E-state index in [9.17, 15) is 4.79 Å². The van der Waals surface area contributed by atoms with Crippen LogP contribution in [0.3, 0.4) is 0 Å². The number of rotatable bonds is 4. The summed E-state index contributed by atoms with van der Waals surface area (Å²) in [6.07, 6.45) is 0. The number of carbonyl (C=O) groups is 1. The molecule has 1 aliphatic heterocycles. The molecule has 1 aromatic carbocycles. The van der Waals surface area contributed by atoms with E-state index in [1.807, 2.05) is 19.9 Å². The Labute approximate surface area is 113 Å². The van der Waals surface area contributed by atoms with Gasteiger partial charge in [-0.05, 0) is 37.1 Å². The molecule has 1 heterocycles. The summed E-state index contributed by atoms with van der Waals surface area (Å²) in [6.45, 7) is 6.08. The third-order valence-corrected chi connectivity index (χ3v) is 3.15. The lowest BCUT2D eigenvalue weighted by molar-refractivity contribution is 0.0946. The third kappa shape index (κ3) is 3.17. The number of hydrogen-bond acceptors (Lipinski definition) is 4. The van der Waals surface area contributed by atoms with Crippen molar-refractivity contribution in [3.63, 3.8) is 0 Å². The molecule has 0 aromatic heterocycles. The van der Waals surface area contributed by atoms with Crippen LogP contribution < -0.4 is 20.5 Å². The Bertz CT molecular complexity index is 474. The highest BCUT2D eigenvalue weighted by Gasteiger charge is 2.18. The van der Waals surface area contributed by atoms with Gasteiger partial charge in [0.15, 0.2) is 11.5 Å². The van der Waals surface area contributed by atoms with E-state index in [2.05, 4.69) is 5.32 Å². The van der Waals surface area contributed by atoms with Gasteiger partial charge in [-0.15, -0.1) is 0 Å². The van der Waals surface area contributed by atoms with Crippen molar-refractivity contribution in [2.75, 3.05) is 26.3 Å². The Balaban J connectivity index is 2.13. The first-order chi connectivity index (χ1) is 9.11. The standard InChI is InChI=1S/C14H20N2O3/c1-9(7-15)8-16-14(17)11-6-13-12(5-10(11)2)18-3-4-19-13/h5-6,9H,3-4,7-8,15H2,1-2H3,(H,16,17). The molecular weight excluding hydrogens is 244 g/mol. The maximum atomic E-state index is 12.1. The largest absolute Gasteiger partial charge is 0.486 e. The van der Waals surface area contributed by atoms with Crippen LogP contribution in [0.5, 0.6) is 11.5 Å². The van der Waals surface area contributed by atoms with E-state index in [0.29, 0.717) is 43.4 Å². The first kappa shape index (κ1) is 13.7. The highest BCUT2D eigenvalue weighted by atomic mass is 16.6. The Morgan fingerprint density at radius 2 is 2.00 bits per heavy atom. The number of nitrogens with two attached hydrogens (primary N) is 1. The lowest BCUT2D eigenvalue weighted by Crippen LogP contribution is -2.31. The molecule has 0 saturated carbocycles. The number of benzene rings is 1. The molecule has 0 radical (unpaired) electrons. The van der Waals surface area contributed by atoms with Crippen LogP contribution in [0.15, 0.2) is 12.1 Å². The second-order valence-electron chi connectivity index (χ2n) is 4.86. The maximum Gasteiger partial charge on any atom is 0.251 e. The molecule has 5 heteroatoms. The predicted octanol–water partition coefficient (Wildman–Crippen LogP) is 1.09. The fraction of sp³-hybridized carbons (Fsp3) is 0.500. The minimum atomic E-state index is -0.102. The van der Waals surface area contributed by atoms with Crippen molar-refractivity contribution >= 4 is 5.91 Å². The number of fused-ring (bicyclic) bond motifs is 1. The number of amides is 1. The van der Waals surface area contributed by atoms with Crippen molar-refractivity contribution in [1.29, 1.82) is 0 Å². The van der Waals surface area contributed by atoms with Gasteiger partial charge in [0.25, 0.3) is 5.91 Å². The van der Waals surface area contributed by atoms with Crippen LogP contribution in [0.25, 0.3) is 0 Å². The SMILES string of the molecule is Cc1cc2c(cc1C(=O)NCC(C)CN)OCCO2. The minimum Gasteiger partial charge on any atom is -0.486 e. The van der Waals surface area contributed by atoms with Crippen molar-refractivity contribution in [3.8, 4) is 11.5 Å². The monoisotopic (exact) mass is 264 g/mol. The first-order valence-corrected chi connectivity index (χ1v) is 6.50. The van der Waals surface area contributed by atoms with Crippen molar-refractivity contribution in [1.82, 2.24) is 5.32 Å². The highest BCUT2D eigenvalue weighted by Crippen LogP contribution is 2.32. The maximum absolute atomic E-state index is 12.1. The fourth-order valence-corrected chi connectivity index (χ4v) is 1.88. The Kier molecular flexibility index (Phi) is 4.27. The van der Waals surface area contributed by atoms with Crippen LogP contribution >= 0.6 is 0 Å². The van der Waals surface area contributed by atoms with E-state index in [0.717, 1.165) is 5.56 Å². The van der Waals surface area contributed by atoms with Gasteiger partial charge in [-0.25, -0.2) is 0 Å². The summed E-state index contributed by atoms with van der Waals surface area (Å²) in [5.74, 6) is 1.50. The van der Waals surface area contributed by atoms with Gasteiger partial charge in [-0.2, -0.15) is 0 Å². The van der Waals surface area contributed by atoms with E-state index in [-0.39, 0.29) is 11.8 Å². The van der Waals surface area contributed by atoms with E-state index < -0.39 is 0 Å². The van der Waals surface area contributed by atoms with Crippen LogP contribution in [0.4, 0.5) is 0 Å². The third-order valence-electron chi connectivity index (χ3n) is 3.15. The van der Waals surface area contributed by atoms with Gasteiger partial charge in [0, 0.05) is 12.1 Å². The Morgan fingerprint density at radius 3 is 2.63 bits per heavy atom. The van der Waals surface area contributed by atoms with Crippen LogP contribution in [-0.4, -0.2) is 32.2 Å². The summed E-state index contributed by atoms with van der Waals surface area (Å²) in [5, 5.41) is 2.88. The van der Waals surface area contributed by atoms with Gasteiger partial charge >= 0.3 is 0 Å². The van der Waals surface area contributed by atoms with Crippen LogP contribution in [0, 0.1) is 12.8 Å². The molecule has 104 valence electrons. The van der Waals surface area contributed by atoms with Gasteiger partial charge < -0.3 is 20.5 Å². The number of ether oxygens (including phenoxy) is 2. The summed E-state index contributed by atoms with van der Waals surface area (Å²) >= 11 is 0. The van der Waals surface area contributed by atoms with E-state index in [1.165, 1.54) is 0 Å². The van der Waals surface area contributed by atoms with Gasteiger partial charge in [0.1, 0.15) is 13.2 Å². The normalized spacial score (nSPS) is 14.9. The Hall–Kier alpha value is -1.75. The molecule has 0 aliphatic carbocycles. The van der Waals surface area contributed by atoms with Gasteiger partial charge in [-0.1, -0.05) is 6.92 Å². The van der Waals surface area contributed by atoms with E-state index in [1.54, 1.807) is 6.07 Å². The van der Waals surface area contributed by atoms with Gasteiger partial charge in [0.05, 0.1) is 0 Å². The zero-order chi connectivity index (χ0) is 13.8. The molecule has 1 aromatic rings. The molecule has 1 atom stereocenters. The van der Waals surface area contributed by atoms with E-state index >= 15 is 0 Å². The van der Waals surface area contributed by atoms with Crippen LogP contribution in [-0.2, 0) is 0 Å². The van der Waals surface area contributed by atoms with Gasteiger partial charge in [0.2, 0.25) is 0 Å². The molecule has 5 nitrogen and oxygen atoms in total. The Morgan fingerprint density at radius 1 is 1.37 bits per heavy atom. The minimum absolute atomic E-state index is 0.102. The van der Waals surface area contributed by atoms with Crippen molar-refractivity contribution in [2.24, 2.45) is 11.7 Å². The predicted molar refractivity (Wildman–Crippen MR) is 72.7 cm³/mol. The molecule has 0 bridgehead atoms. The van der Waals surface area contributed by atoms with Crippen LogP contribution in [0.1, 0.15) is 22.8 Å². The molecular formula is C14H20N2O3. The topological polar surface area (TPSA) is 73.6 Å². The lowest BCUT2D eigenvalue weighted by atomic mass is 10.1. The molecule has 0 saturated heterocycles. The lowest BCUT2D eigenvalue weighted by Gasteiger charge is -2.20.